The summed E-state index contributed by atoms with van der Waals surface area (Å²) in [6.45, 7) is 6.53. The van der Waals surface area contributed by atoms with Gasteiger partial charge in [0.2, 0.25) is 0 Å². The Morgan fingerprint density at radius 3 is 2.28 bits per heavy atom. The fourth-order valence-electron chi connectivity index (χ4n) is 5.47. The number of benzene rings is 1. The number of furan rings is 1. The Kier molecular flexibility index (Phi) is 3.60. The average Bonchev–Trinajstić information content (AvgIpc) is 3.61. The summed E-state index contributed by atoms with van der Waals surface area (Å²) in [5, 5.41) is 0. The van der Waals surface area contributed by atoms with Crippen LogP contribution in [-0.2, 0) is 4.79 Å². The van der Waals surface area contributed by atoms with E-state index in [2.05, 4.69) is 47.1 Å². The van der Waals surface area contributed by atoms with Gasteiger partial charge >= 0.3 is 0 Å². The van der Waals surface area contributed by atoms with Gasteiger partial charge in [-0.05, 0) is 82.1 Å². The highest BCUT2D eigenvalue weighted by molar-refractivity contribution is 6.12. The van der Waals surface area contributed by atoms with Crippen molar-refractivity contribution < 1.29 is 9.21 Å². The average molecular weight is 388 g/mol. The lowest BCUT2D eigenvalue weighted by molar-refractivity contribution is -0.113. The largest absolute Gasteiger partial charge is 0.466 e. The van der Waals surface area contributed by atoms with Gasteiger partial charge in [0, 0.05) is 11.1 Å². The Bertz CT molecular complexity index is 1030. The lowest BCUT2D eigenvalue weighted by Gasteiger charge is -2.35. The second-order valence-corrected chi connectivity index (χ2v) is 9.12. The van der Waals surface area contributed by atoms with Gasteiger partial charge in [0.1, 0.15) is 17.7 Å². The second-order valence-electron chi connectivity index (χ2n) is 9.12. The number of nitrogens with zero attached hydrogens (tertiary/aromatic N) is 2. The van der Waals surface area contributed by atoms with Crippen LogP contribution < -0.4 is 9.80 Å². The highest BCUT2D eigenvalue weighted by Gasteiger charge is 2.55. The van der Waals surface area contributed by atoms with Gasteiger partial charge < -0.3 is 14.2 Å². The Labute approximate surface area is 172 Å². The van der Waals surface area contributed by atoms with Crippen molar-refractivity contribution in [3.63, 3.8) is 0 Å². The summed E-state index contributed by atoms with van der Waals surface area (Å²) in [6, 6.07) is 12.3. The van der Waals surface area contributed by atoms with Gasteiger partial charge in [-0.15, -0.1) is 0 Å². The minimum Gasteiger partial charge on any atom is -0.466 e. The van der Waals surface area contributed by atoms with Crippen molar-refractivity contribution in [3.05, 3.63) is 59.0 Å². The van der Waals surface area contributed by atoms with Crippen LogP contribution >= 0.6 is 0 Å². The summed E-state index contributed by atoms with van der Waals surface area (Å²) in [4.78, 5) is 18.2. The third-order valence-electron chi connectivity index (χ3n) is 6.98. The zero-order chi connectivity index (χ0) is 19.9. The lowest BCUT2D eigenvalue weighted by atomic mass is 9.96. The van der Waals surface area contributed by atoms with E-state index in [0.717, 1.165) is 28.2 Å². The van der Waals surface area contributed by atoms with Crippen LogP contribution in [0.4, 0.5) is 11.4 Å². The number of aryl methyl sites for hydroxylation is 2. The van der Waals surface area contributed by atoms with E-state index >= 15 is 0 Å². The van der Waals surface area contributed by atoms with Gasteiger partial charge in [0.15, 0.2) is 5.78 Å². The molecule has 4 heteroatoms. The first kappa shape index (κ1) is 17.4. The molecule has 0 bridgehead atoms. The summed E-state index contributed by atoms with van der Waals surface area (Å²) in [6.07, 6.45) is 5.17. The standard InChI is InChI=1S/C25H27N2O2/c1-14-12-19(16(3)29-14)15(2)23-22(28)13-26-20-6-4-5-7-21(20)27(25(23)26)24(17-8-9-17)18-10-11-18/h4-7,12,17-18,25H,8-11,13H2,1-3H3/b23-15+. The van der Waals surface area contributed by atoms with Crippen molar-refractivity contribution in [2.45, 2.75) is 52.6 Å². The smallest absolute Gasteiger partial charge is 0.182 e. The first-order valence-electron chi connectivity index (χ1n) is 10.9. The summed E-state index contributed by atoms with van der Waals surface area (Å²) >= 11 is 0. The molecule has 1 aromatic carbocycles. The monoisotopic (exact) mass is 387 g/mol. The maximum Gasteiger partial charge on any atom is 0.182 e. The van der Waals surface area contributed by atoms with Crippen molar-refractivity contribution in [3.8, 4) is 0 Å². The molecule has 0 spiro atoms. The second kappa shape index (κ2) is 6.01. The van der Waals surface area contributed by atoms with E-state index in [0.29, 0.717) is 18.4 Å². The number of hydrogen-bond donors (Lipinski definition) is 0. The van der Waals surface area contributed by atoms with E-state index in [1.165, 1.54) is 37.1 Å². The number of carbonyl (C=O) groups is 1. The predicted molar refractivity (Wildman–Crippen MR) is 115 cm³/mol. The molecule has 6 rings (SSSR count). The number of Topliss-reactive ketones (excluding diaryl/α,β-unsaturated/α-hetero) is 1. The van der Waals surface area contributed by atoms with Crippen molar-refractivity contribution >= 4 is 22.7 Å². The van der Waals surface area contributed by atoms with Gasteiger partial charge in [-0.25, -0.2) is 0 Å². The van der Waals surface area contributed by atoms with Gasteiger partial charge in [-0.2, -0.15) is 0 Å². The van der Waals surface area contributed by atoms with Crippen LogP contribution in [-0.4, -0.2) is 18.5 Å². The van der Waals surface area contributed by atoms with Gasteiger partial charge in [-0.1, -0.05) is 12.1 Å². The first-order chi connectivity index (χ1) is 14.0. The van der Waals surface area contributed by atoms with Crippen molar-refractivity contribution in [2.24, 2.45) is 11.8 Å². The number of hydrogen-bond acceptors (Lipinski definition) is 4. The Balaban J connectivity index is 1.53. The Morgan fingerprint density at radius 1 is 1.03 bits per heavy atom. The summed E-state index contributed by atoms with van der Waals surface area (Å²) in [5.41, 5.74) is 5.57. The maximum atomic E-state index is 13.3. The van der Waals surface area contributed by atoms with Crippen molar-refractivity contribution in [1.82, 2.24) is 0 Å². The van der Waals surface area contributed by atoms with Gasteiger partial charge in [0.25, 0.3) is 0 Å². The molecule has 3 fully saturated rings. The molecule has 0 N–H and O–H groups in total. The maximum absolute atomic E-state index is 13.3. The number of fused-ring (bicyclic) bond motifs is 3. The highest BCUT2D eigenvalue weighted by atomic mass is 16.3. The Morgan fingerprint density at radius 2 is 1.69 bits per heavy atom. The van der Waals surface area contributed by atoms with E-state index < -0.39 is 0 Å². The first-order valence-corrected chi connectivity index (χ1v) is 10.9. The third kappa shape index (κ3) is 2.54. The number of allylic oxidation sites excluding steroid dienone is 1. The molecule has 1 saturated heterocycles. The van der Waals surface area contributed by atoms with E-state index in [-0.39, 0.29) is 11.9 Å². The molecule has 1 unspecified atom stereocenters. The van der Waals surface area contributed by atoms with Crippen LogP contribution in [0.1, 0.15) is 49.7 Å². The van der Waals surface area contributed by atoms with Crippen LogP contribution in [0, 0.1) is 31.7 Å². The van der Waals surface area contributed by atoms with Crippen LogP contribution in [0.2, 0.25) is 0 Å². The molecule has 3 heterocycles. The van der Waals surface area contributed by atoms with E-state index in [1.54, 1.807) is 6.04 Å². The zero-order valence-electron chi connectivity index (χ0n) is 17.4. The zero-order valence-corrected chi connectivity index (χ0v) is 17.4. The summed E-state index contributed by atoms with van der Waals surface area (Å²) in [7, 11) is 0. The lowest BCUT2D eigenvalue weighted by Crippen LogP contribution is -2.44. The highest BCUT2D eigenvalue weighted by Crippen LogP contribution is 2.58. The number of rotatable bonds is 4. The van der Waals surface area contributed by atoms with Crippen LogP contribution in [0.5, 0.6) is 0 Å². The van der Waals surface area contributed by atoms with Gasteiger partial charge in [-0.3, -0.25) is 4.79 Å². The molecule has 0 amide bonds. The van der Waals surface area contributed by atoms with Crippen LogP contribution in [0.25, 0.3) is 5.57 Å². The normalized spacial score (nSPS) is 25.1. The molecule has 1 atom stereocenters. The third-order valence-corrected chi connectivity index (χ3v) is 6.98. The van der Waals surface area contributed by atoms with Crippen molar-refractivity contribution in [2.75, 3.05) is 16.3 Å². The number of ketones is 1. The van der Waals surface area contributed by atoms with Gasteiger partial charge in [0.05, 0.1) is 24.0 Å². The molecule has 2 aliphatic heterocycles. The summed E-state index contributed by atoms with van der Waals surface area (Å²) < 4.78 is 5.80. The van der Waals surface area contributed by atoms with E-state index in [4.69, 9.17) is 4.42 Å². The molecular weight excluding hydrogens is 360 g/mol. The summed E-state index contributed by atoms with van der Waals surface area (Å²) in [5.74, 6) is 3.44. The van der Waals surface area contributed by atoms with Crippen LogP contribution in [0.15, 0.2) is 40.3 Å². The fraction of sp³-hybridized carbons (Fsp3) is 0.440. The molecule has 4 nitrogen and oxygen atoms in total. The van der Waals surface area contributed by atoms with Crippen LogP contribution in [0.3, 0.4) is 0 Å². The minimum atomic E-state index is -0.00861. The molecule has 4 aliphatic rings. The predicted octanol–water partition coefficient (Wildman–Crippen LogP) is 5.26. The molecular formula is C25H27N2O2. The molecule has 29 heavy (non-hydrogen) atoms. The number of anilines is 2. The topological polar surface area (TPSA) is 36.7 Å². The molecule has 149 valence electrons. The molecule has 1 aromatic heterocycles. The fourth-order valence-corrected chi connectivity index (χ4v) is 5.47. The quantitative estimate of drug-likeness (QED) is 0.671. The molecule has 2 saturated carbocycles. The van der Waals surface area contributed by atoms with E-state index in [9.17, 15) is 4.79 Å². The molecule has 2 aliphatic carbocycles. The van der Waals surface area contributed by atoms with Crippen molar-refractivity contribution in [1.29, 1.82) is 0 Å². The SMILES string of the molecule is C/C(=C1/C(=O)CN2c3ccccc3N([C](C3CC3)C3CC3)C12)c1cc(C)oc1C. The Hall–Kier alpha value is -2.49. The number of para-hydroxylation sites is 2. The minimum absolute atomic E-state index is 0.00861. The van der Waals surface area contributed by atoms with E-state index in [1.807, 2.05) is 13.8 Å². The molecule has 1 radical (unpaired) electrons. The number of carbonyl (C=O) groups excluding carboxylic acids is 1. The molecule has 2 aromatic rings.